The van der Waals surface area contributed by atoms with Crippen LogP contribution in [0.3, 0.4) is 0 Å². The molecular weight excluding hydrogens is 292 g/mol. The average molecular weight is 320 g/mol. The number of carbonyl (C=O) groups excluding carboxylic acids is 1. The predicted molar refractivity (Wildman–Crippen MR) is 93.0 cm³/mol. The largest absolute Gasteiger partial charge is 0.444 e. The maximum Gasteiger partial charge on any atom is 0.410 e. The summed E-state index contributed by atoms with van der Waals surface area (Å²) in [5.74, 6) is 0.963. The maximum absolute atomic E-state index is 12.1. The molecule has 1 saturated heterocycles. The standard InChI is InChI=1S/C17H28N4O2/c1-5-8-18-14-7-6-9-19-15(14)20-10-12-21(13-11-20)16(22)23-17(2,3)4/h6-7,9,18H,5,8,10-13H2,1-4H3. The van der Waals surface area contributed by atoms with E-state index in [2.05, 4.69) is 28.2 Å². The molecule has 1 aliphatic heterocycles. The highest BCUT2D eigenvalue weighted by molar-refractivity contribution is 5.69. The number of hydrogen-bond donors (Lipinski definition) is 1. The van der Waals surface area contributed by atoms with Gasteiger partial charge in [0.2, 0.25) is 0 Å². The van der Waals surface area contributed by atoms with Gasteiger partial charge in [0.25, 0.3) is 0 Å². The van der Waals surface area contributed by atoms with Gasteiger partial charge in [0.15, 0.2) is 5.82 Å². The zero-order valence-corrected chi connectivity index (χ0v) is 14.6. The summed E-state index contributed by atoms with van der Waals surface area (Å²) in [6.45, 7) is 11.6. The lowest BCUT2D eigenvalue weighted by Crippen LogP contribution is -2.50. The molecule has 0 aliphatic carbocycles. The summed E-state index contributed by atoms with van der Waals surface area (Å²) in [6.07, 6.45) is 2.65. The molecule has 128 valence electrons. The van der Waals surface area contributed by atoms with Crippen LogP contribution in [0.5, 0.6) is 0 Å². The molecule has 6 heteroatoms. The summed E-state index contributed by atoms with van der Waals surface area (Å²) in [7, 11) is 0. The van der Waals surface area contributed by atoms with Crippen LogP contribution >= 0.6 is 0 Å². The van der Waals surface area contributed by atoms with Crippen LogP contribution in [0, 0.1) is 0 Å². The van der Waals surface area contributed by atoms with Crippen LogP contribution in [0.15, 0.2) is 18.3 Å². The quantitative estimate of drug-likeness (QED) is 0.924. The van der Waals surface area contributed by atoms with Crippen molar-refractivity contribution in [2.45, 2.75) is 39.7 Å². The maximum atomic E-state index is 12.1. The Morgan fingerprint density at radius 1 is 1.30 bits per heavy atom. The lowest BCUT2D eigenvalue weighted by atomic mass is 10.2. The van der Waals surface area contributed by atoms with Gasteiger partial charge in [-0.2, -0.15) is 0 Å². The van der Waals surface area contributed by atoms with Crippen LogP contribution in [0.4, 0.5) is 16.3 Å². The van der Waals surface area contributed by atoms with Crippen LogP contribution in [-0.2, 0) is 4.74 Å². The Morgan fingerprint density at radius 2 is 2.00 bits per heavy atom. The van der Waals surface area contributed by atoms with Crippen LogP contribution in [0.1, 0.15) is 34.1 Å². The Labute approximate surface area is 138 Å². The molecule has 2 heterocycles. The normalized spacial score (nSPS) is 15.5. The molecule has 0 bridgehead atoms. The number of aromatic nitrogens is 1. The van der Waals surface area contributed by atoms with Gasteiger partial charge in [-0.15, -0.1) is 0 Å². The average Bonchev–Trinajstić information content (AvgIpc) is 2.52. The fourth-order valence-electron chi connectivity index (χ4n) is 2.47. The Kier molecular flexibility index (Phi) is 5.69. The molecule has 23 heavy (non-hydrogen) atoms. The SMILES string of the molecule is CCCNc1cccnc1N1CCN(C(=O)OC(C)(C)C)CC1. The first-order valence-corrected chi connectivity index (χ1v) is 8.32. The minimum absolute atomic E-state index is 0.234. The third kappa shape index (κ3) is 5.01. The molecule has 0 radical (unpaired) electrons. The molecule has 1 aliphatic rings. The van der Waals surface area contributed by atoms with E-state index in [1.54, 1.807) is 4.90 Å². The number of nitrogens with zero attached hydrogens (tertiary/aromatic N) is 3. The van der Waals surface area contributed by atoms with Gasteiger partial charge in [0.1, 0.15) is 5.60 Å². The monoisotopic (exact) mass is 320 g/mol. The van der Waals surface area contributed by atoms with Gasteiger partial charge in [-0.05, 0) is 39.3 Å². The third-order valence-corrected chi connectivity index (χ3v) is 3.58. The minimum Gasteiger partial charge on any atom is -0.444 e. The van der Waals surface area contributed by atoms with E-state index in [1.165, 1.54) is 0 Å². The van der Waals surface area contributed by atoms with Crippen molar-refractivity contribution in [1.82, 2.24) is 9.88 Å². The van der Waals surface area contributed by atoms with Crippen molar-refractivity contribution in [3.8, 4) is 0 Å². The molecule has 0 atom stereocenters. The third-order valence-electron chi connectivity index (χ3n) is 3.58. The number of piperazine rings is 1. The van der Waals surface area contributed by atoms with Gasteiger partial charge in [-0.3, -0.25) is 0 Å². The fraction of sp³-hybridized carbons (Fsp3) is 0.647. The second-order valence-electron chi connectivity index (χ2n) is 6.76. The van der Waals surface area contributed by atoms with E-state index in [0.29, 0.717) is 13.1 Å². The van der Waals surface area contributed by atoms with Crippen molar-refractivity contribution < 1.29 is 9.53 Å². The van der Waals surface area contributed by atoms with Crippen molar-refractivity contribution in [2.75, 3.05) is 42.9 Å². The molecule has 0 aromatic carbocycles. The Bertz CT molecular complexity index is 520. The van der Waals surface area contributed by atoms with Crippen molar-refractivity contribution in [1.29, 1.82) is 0 Å². The molecule has 1 aromatic rings. The molecule has 1 amide bonds. The number of ether oxygens (including phenoxy) is 1. The van der Waals surface area contributed by atoms with Crippen molar-refractivity contribution in [2.24, 2.45) is 0 Å². The van der Waals surface area contributed by atoms with Crippen molar-refractivity contribution in [3.05, 3.63) is 18.3 Å². The van der Waals surface area contributed by atoms with E-state index in [4.69, 9.17) is 4.74 Å². The Morgan fingerprint density at radius 3 is 2.61 bits per heavy atom. The highest BCUT2D eigenvalue weighted by Crippen LogP contribution is 2.24. The van der Waals surface area contributed by atoms with E-state index in [-0.39, 0.29) is 6.09 Å². The van der Waals surface area contributed by atoms with Gasteiger partial charge in [-0.1, -0.05) is 6.92 Å². The number of amides is 1. The summed E-state index contributed by atoms with van der Waals surface area (Å²) in [5.41, 5.74) is 0.604. The fourth-order valence-corrected chi connectivity index (χ4v) is 2.47. The summed E-state index contributed by atoms with van der Waals surface area (Å²) in [6, 6.07) is 4.00. The molecular formula is C17H28N4O2. The summed E-state index contributed by atoms with van der Waals surface area (Å²) >= 11 is 0. The van der Waals surface area contributed by atoms with Gasteiger partial charge in [0.05, 0.1) is 5.69 Å². The van der Waals surface area contributed by atoms with Gasteiger partial charge in [-0.25, -0.2) is 9.78 Å². The first-order valence-electron chi connectivity index (χ1n) is 8.32. The topological polar surface area (TPSA) is 57.7 Å². The molecule has 0 saturated carbocycles. The summed E-state index contributed by atoms with van der Waals surface area (Å²) in [4.78, 5) is 20.6. The van der Waals surface area contributed by atoms with Crippen molar-refractivity contribution >= 4 is 17.6 Å². The molecule has 0 unspecified atom stereocenters. The lowest BCUT2D eigenvalue weighted by molar-refractivity contribution is 0.0240. The predicted octanol–water partition coefficient (Wildman–Crippen LogP) is 2.96. The molecule has 1 aromatic heterocycles. The van der Waals surface area contributed by atoms with Crippen LogP contribution < -0.4 is 10.2 Å². The first kappa shape index (κ1) is 17.4. The highest BCUT2D eigenvalue weighted by atomic mass is 16.6. The number of pyridine rings is 1. The highest BCUT2D eigenvalue weighted by Gasteiger charge is 2.26. The number of carbonyl (C=O) groups is 1. The van der Waals surface area contributed by atoms with E-state index in [1.807, 2.05) is 33.0 Å². The van der Waals surface area contributed by atoms with E-state index < -0.39 is 5.60 Å². The number of anilines is 2. The van der Waals surface area contributed by atoms with E-state index in [9.17, 15) is 4.79 Å². The lowest BCUT2D eigenvalue weighted by Gasteiger charge is -2.36. The van der Waals surface area contributed by atoms with Crippen LogP contribution in [0.25, 0.3) is 0 Å². The van der Waals surface area contributed by atoms with Crippen LogP contribution in [0.2, 0.25) is 0 Å². The number of rotatable bonds is 4. The van der Waals surface area contributed by atoms with E-state index in [0.717, 1.165) is 37.6 Å². The Hall–Kier alpha value is -1.98. The number of hydrogen-bond acceptors (Lipinski definition) is 5. The van der Waals surface area contributed by atoms with Gasteiger partial charge in [0, 0.05) is 38.9 Å². The molecule has 0 spiro atoms. The van der Waals surface area contributed by atoms with Crippen LogP contribution in [-0.4, -0.2) is 54.3 Å². The van der Waals surface area contributed by atoms with E-state index >= 15 is 0 Å². The van der Waals surface area contributed by atoms with Gasteiger partial charge < -0.3 is 19.9 Å². The smallest absolute Gasteiger partial charge is 0.410 e. The first-order chi connectivity index (χ1) is 10.9. The Balaban J connectivity index is 1.95. The molecule has 6 nitrogen and oxygen atoms in total. The molecule has 2 rings (SSSR count). The number of nitrogens with one attached hydrogen (secondary N) is 1. The second kappa shape index (κ2) is 7.53. The second-order valence-corrected chi connectivity index (χ2v) is 6.76. The minimum atomic E-state index is -0.452. The molecule has 1 fully saturated rings. The van der Waals surface area contributed by atoms with Crippen molar-refractivity contribution in [3.63, 3.8) is 0 Å². The summed E-state index contributed by atoms with van der Waals surface area (Å²) < 4.78 is 5.44. The van der Waals surface area contributed by atoms with Gasteiger partial charge >= 0.3 is 6.09 Å². The summed E-state index contributed by atoms with van der Waals surface area (Å²) in [5, 5.41) is 3.42. The zero-order valence-electron chi connectivity index (χ0n) is 14.6. The zero-order chi connectivity index (χ0) is 16.9. The molecule has 1 N–H and O–H groups in total.